The first-order valence-corrected chi connectivity index (χ1v) is 5.56. The quantitative estimate of drug-likeness (QED) is 0.423. The van der Waals surface area contributed by atoms with Crippen molar-refractivity contribution in [3.8, 4) is 11.8 Å². The first kappa shape index (κ1) is 14.9. The smallest absolute Gasteiger partial charge is 0.245 e. The van der Waals surface area contributed by atoms with E-state index in [1.54, 1.807) is 24.3 Å². The minimum atomic E-state index is -0.848. The van der Waals surface area contributed by atoms with Crippen molar-refractivity contribution in [1.29, 1.82) is 5.26 Å². The highest BCUT2D eigenvalue weighted by atomic mass is 16.6. The van der Waals surface area contributed by atoms with Gasteiger partial charge in [-0.05, 0) is 12.1 Å². The summed E-state index contributed by atoms with van der Waals surface area (Å²) in [4.78, 5) is 15.0. The van der Waals surface area contributed by atoms with Crippen LogP contribution in [0.3, 0.4) is 0 Å². The molecule has 0 bridgehead atoms. The van der Waals surface area contributed by atoms with E-state index in [0.29, 0.717) is 11.3 Å². The van der Waals surface area contributed by atoms with E-state index in [4.69, 9.17) is 15.7 Å². The Morgan fingerprint density at radius 2 is 2.26 bits per heavy atom. The lowest BCUT2D eigenvalue weighted by Gasteiger charge is -2.13. The number of nitrogens with one attached hydrogen (secondary N) is 1. The van der Waals surface area contributed by atoms with Crippen LogP contribution >= 0.6 is 0 Å². The molecule has 1 aromatic rings. The Labute approximate surface area is 110 Å². The largest absolute Gasteiger partial charge is 0.489 e. The van der Waals surface area contributed by atoms with Crippen molar-refractivity contribution in [3.63, 3.8) is 0 Å². The Morgan fingerprint density at radius 1 is 1.53 bits per heavy atom. The molecule has 0 aliphatic rings. The molecule has 0 aromatic heterocycles. The number of carbonyl (C=O) groups excluding carboxylic acids is 1. The third-order valence-corrected chi connectivity index (χ3v) is 2.07. The van der Waals surface area contributed by atoms with Gasteiger partial charge >= 0.3 is 0 Å². The Bertz CT molecular complexity index is 459. The van der Waals surface area contributed by atoms with Crippen LogP contribution in [0.25, 0.3) is 0 Å². The third kappa shape index (κ3) is 5.83. The van der Waals surface area contributed by atoms with Gasteiger partial charge in [0.2, 0.25) is 5.91 Å². The van der Waals surface area contributed by atoms with E-state index >= 15 is 0 Å². The number of nitrogens with zero attached hydrogens (tertiary/aromatic N) is 1. The molecule has 1 aromatic carbocycles. The molecule has 1 atom stereocenters. The van der Waals surface area contributed by atoms with Crippen LogP contribution in [-0.2, 0) is 9.63 Å². The molecule has 7 nitrogen and oxygen atoms in total. The highest BCUT2D eigenvalue weighted by Crippen LogP contribution is 2.16. The van der Waals surface area contributed by atoms with Gasteiger partial charge in [0, 0.05) is 0 Å². The van der Waals surface area contributed by atoms with Crippen LogP contribution < -0.4 is 16.0 Å². The van der Waals surface area contributed by atoms with Crippen LogP contribution in [0.1, 0.15) is 5.56 Å². The van der Waals surface area contributed by atoms with Crippen molar-refractivity contribution in [2.75, 3.05) is 19.8 Å². The Kier molecular flexibility index (Phi) is 6.32. The molecule has 7 heteroatoms. The van der Waals surface area contributed by atoms with Gasteiger partial charge in [-0.25, -0.2) is 0 Å². The summed E-state index contributed by atoms with van der Waals surface area (Å²) in [5, 5.41) is 18.4. The Balaban J connectivity index is 2.28. The SMILES string of the molecule is N#Cc1ccccc1OCC(O)CNOCC(N)=O. The fourth-order valence-electron chi connectivity index (χ4n) is 1.21. The molecule has 0 spiro atoms. The summed E-state index contributed by atoms with van der Waals surface area (Å²) in [6.45, 7) is -0.210. The second kappa shape index (κ2) is 8.05. The number of aliphatic hydroxyl groups excluding tert-OH is 1. The van der Waals surface area contributed by atoms with Crippen LogP contribution in [0, 0.1) is 11.3 Å². The van der Waals surface area contributed by atoms with Crippen molar-refractivity contribution >= 4 is 5.91 Å². The van der Waals surface area contributed by atoms with Gasteiger partial charge in [-0.3, -0.25) is 9.63 Å². The number of nitriles is 1. The second-order valence-corrected chi connectivity index (χ2v) is 3.68. The summed E-state index contributed by atoms with van der Waals surface area (Å²) in [5.74, 6) is -0.205. The maximum Gasteiger partial charge on any atom is 0.245 e. The highest BCUT2D eigenvalue weighted by Gasteiger charge is 2.07. The zero-order chi connectivity index (χ0) is 14.1. The number of primary amides is 1. The van der Waals surface area contributed by atoms with E-state index in [0.717, 1.165) is 0 Å². The molecule has 0 saturated carbocycles. The predicted molar refractivity (Wildman–Crippen MR) is 65.8 cm³/mol. The summed E-state index contributed by atoms with van der Waals surface area (Å²) in [6.07, 6.45) is -0.848. The average molecular weight is 265 g/mol. The number of nitrogens with two attached hydrogens (primary N) is 1. The van der Waals surface area contributed by atoms with Crippen molar-refractivity contribution in [1.82, 2.24) is 5.48 Å². The van der Waals surface area contributed by atoms with Crippen LogP contribution in [0.15, 0.2) is 24.3 Å². The monoisotopic (exact) mass is 265 g/mol. The number of hydrogen-bond donors (Lipinski definition) is 3. The van der Waals surface area contributed by atoms with Crippen LogP contribution in [-0.4, -0.2) is 36.9 Å². The lowest BCUT2D eigenvalue weighted by Crippen LogP contribution is -2.33. The molecule has 0 heterocycles. The van der Waals surface area contributed by atoms with Gasteiger partial charge < -0.3 is 15.6 Å². The first-order chi connectivity index (χ1) is 9.13. The number of ether oxygens (including phenoxy) is 1. The number of hydroxylamine groups is 1. The van der Waals surface area contributed by atoms with E-state index in [1.165, 1.54) is 0 Å². The lowest BCUT2D eigenvalue weighted by atomic mass is 10.2. The van der Waals surface area contributed by atoms with Crippen LogP contribution in [0.2, 0.25) is 0 Å². The molecule has 0 saturated heterocycles. The van der Waals surface area contributed by atoms with E-state index in [-0.39, 0.29) is 19.8 Å². The third-order valence-electron chi connectivity index (χ3n) is 2.07. The maximum absolute atomic E-state index is 10.4. The van der Waals surface area contributed by atoms with E-state index < -0.39 is 12.0 Å². The zero-order valence-electron chi connectivity index (χ0n) is 10.2. The number of rotatable bonds is 8. The summed E-state index contributed by atoms with van der Waals surface area (Å²) < 4.78 is 5.31. The van der Waals surface area contributed by atoms with Gasteiger partial charge in [0.15, 0.2) is 0 Å². The molecule has 1 unspecified atom stereocenters. The normalized spacial score (nSPS) is 11.6. The number of benzene rings is 1. The van der Waals surface area contributed by atoms with Crippen LogP contribution in [0.4, 0.5) is 0 Å². The standard InChI is InChI=1S/C12H15N3O4/c13-5-9-3-1-2-4-11(9)18-7-10(16)6-15-19-8-12(14)17/h1-4,10,15-16H,6-8H2,(H2,14,17). The topological polar surface area (TPSA) is 118 Å². The molecular weight excluding hydrogens is 250 g/mol. The van der Waals surface area contributed by atoms with Gasteiger partial charge in [-0.1, -0.05) is 12.1 Å². The average Bonchev–Trinajstić information content (AvgIpc) is 2.41. The van der Waals surface area contributed by atoms with Crippen molar-refractivity contribution < 1.29 is 19.5 Å². The molecule has 102 valence electrons. The summed E-state index contributed by atoms with van der Waals surface area (Å²) in [7, 11) is 0. The minimum Gasteiger partial charge on any atom is -0.489 e. The number of aliphatic hydroxyl groups is 1. The van der Waals surface area contributed by atoms with Gasteiger partial charge in [-0.15, -0.1) is 0 Å². The first-order valence-electron chi connectivity index (χ1n) is 5.56. The number of para-hydroxylation sites is 1. The zero-order valence-corrected chi connectivity index (χ0v) is 10.2. The molecule has 19 heavy (non-hydrogen) atoms. The second-order valence-electron chi connectivity index (χ2n) is 3.68. The Morgan fingerprint density at radius 3 is 2.95 bits per heavy atom. The molecule has 0 aliphatic carbocycles. The van der Waals surface area contributed by atoms with Crippen molar-refractivity contribution in [2.24, 2.45) is 5.73 Å². The predicted octanol–water partition coefficient (Wildman–Crippen LogP) is -0.696. The van der Waals surface area contributed by atoms with Crippen molar-refractivity contribution in [3.05, 3.63) is 29.8 Å². The van der Waals surface area contributed by atoms with Gasteiger partial charge in [0.05, 0.1) is 12.1 Å². The fourth-order valence-corrected chi connectivity index (χ4v) is 1.21. The lowest BCUT2D eigenvalue weighted by molar-refractivity contribution is -0.125. The summed E-state index contributed by atoms with van der Waals surface area (Å²) in [6, 6.07) is 8.70. The number of amides is 1. The number of hydrogen-bond acceptors (Lipinski definition) is 6. The van der Waals surface area contributed by atoms with Crippen molar-refractivity contribution in [2.45, 2.75) is 6.10 Å². The molecule has 0 fully saturated rings. The van der Waals surface area contributed by atoms with Gasteiger partial charge in [0.1, 0.15) is 31.1 Å². The fraction of sp³-hybridized carbons (Fsp3) is 0.333. The molecule has 1 rings (SSSR count). The maximum atomic E-state index is 10.4. The van der Waals surface area contributed by atoms with E-state index in [9.17, 15) is 9.90 Å². The molecule has 1 amide bonds. The number of carbonyl (C=O) groups is 1. The molecule has 0 radical (unpaired) electrons. The van der Waals surface area contributed by atoms with Gasteiger partial charge in [0.25, 0.3) is 0 Å². The van der Waals surface area contributed by atoms with E-state index in [2.05, 4.69) is 10.3 Å². The van der Waals surface area contributed by atoms with Crippen LogP contribution in [0.5, 0.6) is 5.75 Å². The van der Waals surface area contributed by atoms with E-state index in [1.807, 2.05) is 6.07 Å². The molecule has 4 N–H and O–H groups in total. The van der Waals surface area contributed by atoms with Gasteiger partial charge in [-0.2, -0.15) is 10.7 Å². The highest BCUT2D eigenvalue weighted by molar-refractivity contribution is 5.74. The molecule has 0 aliphatic heterocycles. The minimum absolute atomic E-state index is 0.00831. The summed E-state index contributed by atoms with van der Waals surface area (Å²) in [5.41, 5.74) is 7.64. The molecular formula is C12H15N3O4. The Hall–Kier alpha value is -2.14. The summed E-state index contributed by atoms with van der Waals surface area (Å²) >= 11 is 0.